The molecule has 0 bridgehead atoms. The van der Waals surface area contributed by atoms with Gasteiger partial charge in [-0.3, -0.25) is 4.98 Å². The van der Waals surface area contributed by atoms with Gasteiger partial charge in [-0.1, -0.05) is 88.4 Å². The first kappa shape index (κ1) is 21.2. The van der Waals surface area contributed by atoms with E-state index in [2.05, 4.69) is 31.0 Å². The van der Waals surface area contributed by atoms with Crippen LogP contribution in [-0.2, 0) is 12.8 Å². The lowest BCUT2D eigenvalue weighted by atomic mass is 9.99. The van der Waals surface area contributed by atoms with Crippen molar-refractivity contribution in [3.63, 3.8) is 0 Å². The molecule has 29 heavy (non-hydrogen) atoms. The first-order valence-electron chi connectivity index (χ1n) is 11.1. The van der Waals surface area contributed by atoms with E-state index in [4.69, 9.17) is 0 Å². The van der Waals surface area contributed by atoms with Crippen molar-refractivity contribution in [2.24, 2.45) is 0 Å². The molecule has 0 amide bonds. The number of unbranched alkanes of at least 4 members (excludes halogenated alkanes) is 4. The van der Waals surface area contributed by atoms with E-state index in [1.165, 1.54) is 37.7 Å². The fraction of sp³-hybridized carbons (Fsp3) is 0.370. The highest BCUT2D eigenvalue weighted by Crippen LogP contribution is 2.27. The molecule has 1 heterocycles. The fourth-order valence-electron chi connectivity index (χ4n) is 3.73. The third-order valence-corrected chi connectivity index (χ3v) is 5.46. The van der Waals surface area contributed by atoms with Crippen molar-refractivity contribution in [3.8, 4) is 22.4 Å². The van der Waals surface area contributed by atoms with E-state index in [1.54, 1.807) is 6.07 Å². The van der Waals surface area contributed by atoms with Crippen LogP contribution in [0.2, 0.25) is 0 Å². The molecule has 0 radical (unpaired) electrons. The molecule has 0 saturated carbocycles. The van der Waals surface area contributed by atoms with Gasteiger partial charge < -0.3 is 0 Å². The minimum atomic E-state index is -0.148. The molecule has 2 aromatic carbocycles. The third-order valence-electron chi connectivity index (χ3n) is 5.46. The maximum absolute atomic E-state index is 14.5. The minimum absolute atomic E-state index is 0.148. The van der Waals surface area contributed by atoms with Crippen LogP contribution in [0.3, 0.4) is 0 Å². The third kappa shape index (κ3) is 6.00. The Bertz CT molecular complexity index is 881. The van der Waals surface area contributed by atoms with Crippen LogP contribution in [0.15, 0.2) is 60.8 Å². The number of pyridine rings is 1. The number of aromatic nitrogens is 1. The Hall–Kier alpha value is -2.48. The molecule has 0 aliphatic heterocycles. The highest BCUT2D eigenvalue weighted by atomic mass is 19.1. The Morgan fingerprint density at radius 2 is 1.41 bits per heavy atom. The van der Waals surface area contributed by atoms with Gasteiger partial charge in [-0.25, -0.2) is 4.39 Å². The molecule has 0 saturated heterocycles. The van der Waals surface area contributed by atoms with Gasteiger partial charge in [0.2, 0.25) is 0 Å². The molecule has 0 atom stereocenters. The second-order valence-electron chi connectivity index (χ2n) is 7.86. The van der Waals surface area contributed by atoms with Gasteiger partial charge >= 0.3 is 0 Å². The van der Waals surface area contributed by atoms with Crippen LogP contribution < -0.4 is 0 Å². The van der Waals surface area contributed by atoms with Crippen molar-refractivity contribution < 1.29 is 4.39 Å². The van der Waals surface area contributed by atoms with Crippen LogP contribution in [0.5, 0.6) is 0 Å². The molecule has 0 spiro atoms. The van der Waals surface area contributed by atoms with Crippen molar-refractivity contribution in [2.75, 3.05) is 0 Å². The van der Waals surface area contributed by atoms with E-state index in [0.29, 0.717) is 5.56 Å². The summed E-state index contributed by atoms with van der Waals surface area (Å²) in [6.45, 7) is 4.35. The van der Waals surface area contributed by atoms with E-state index in [-0.39, 0.29) is 5.82 Å². The lowest BCUT2D eigenvalue weighted by Crippen LogP contribution is -1.91. The van der Waals surface area contributed by atoms with Crippen LogP contribution >= 0.6 is 0 Å². The highest BCUT2D eigenvalue weighted by Gasteiger charge is 2.07. The van der Waals surface area contributed by atoms with Gasteiger partial charge in [0.1, 0.15) is 5.82 Å². The topological polar surface area (TPSA) is 12.9 Å². The van der Waals surface area contributed by atoms with Crippen LogP contribution in [0.1, 0.15) is 63.5 Å². The summed E-state index contributed by atoms with van der Waals surface area (Å²) in [5, 5.41) is 0. The first-order valence-corrected chi connectivity index (χ1v) is 11.1. The van der Waals surface area contributed by atoms with Crippen LogP contribution in [0.25, 0.3) is 22.4 Å². The Morgan fingerprint density at radius 3 is 2.07 bits per heavy atom. The predicted octanol–water partition coefficient (Wildman–Crippen LogP) is 8.02. The van der Waals surface area contributed by atoms with Gasteiger partial charge in [-0.05, 0) is 48.1 Å². The number of rotatable bonds is 10. The average molecular weight is 390 g/mol. The van der Waals surface area contributed by atoms with Crippen molar-refractivity contribution in [1.82, 2.24) is 4.98 Å². The lowest BCUT2D eigenvalue weighted by molar-refractivity contribution is 0.628. The number of hydrogen-bond donors (Lipinski definition) is 0. The minimum Gasteiger partial charge on any atom is -0.256 e. The Labute approximate surface area is 175 Å². The van der Waals surface area contributed by atoms with Gasteiger partial charge in [-0.2, -0.15) is 0 Å². The van der Waals surface area contributed by atoms with Crippen LogP contribution in [-0.4, -0.2) is 4.98 Å². The Morgan fingerprint density at radius 1 is 0.690 bits per heavy atom. The standard InChI is InChI=1S/C27H32FN/c1-3-5-6-7-8-10-22-12-18-27(29-20-22)24-15-13-23(14-16-24)25-17-11-21(9-4-2)19-26(25)28/h11-20H,3-10H2,1-2H3. The smallest absolute Gasteiger partial charge is 0.131 e. The van der Waals surface area contributed by atoms with E-state index in [0.717, 1.165) is 41.6 Å². The second-order valence-corrected chi connectivity index (χ2v) is 7.86. The number of benzene rings is 2. The molecule has 1 aromatic heterocycles. The van der Waals surface area contributed by atoms with E-state index < -0.39 is 0 Å². The summed E-state index contributed by atoms with van der Waals surface area (Å²) < 4.78 is 14.5. The number of hydrogen-bond acceptors (Lipinski definition) is 1. The molecule has 0 aliphatic carbocycles. The zero-order chi connectivity index (χ0) is 20.5. The second kappa shape index (κ2) is 10.9. The lowest BCUT2D eigenvalue weighted by Gasteiger charge is -2.08. The largest absolute Gasteiger partial charge is 0.256 e. The maximum Gasteiger partial charge on any atom is 0.131 e. The molecule has 0 aliphatic rings. The highest BCUT2D eigenvalue weighted by molar-refractivity contribution is 5.69. The summed E-state index contributed by atoms with van der Waals surface area (Å²) in [4.78, 5) is 4.64. The molecule has 3 aromatic rings. The number of aryl methyl sites for hydroxylation is 2. The maximum atomic E-state index is 14.5. The fourth-order valence-corrected chi connectivity index (χ4v) is 3.73. The zero-order valence-corrected chi connectivity index (χ0v) is 17.8. The van der Waals surface area contributed by atoms with Gasteiger partial charge in [-0.15, -0.1) is 0 Å². The molecule has 1 nitrogen and oxygen atoms in total. The van der Waals surface area contributed by atoms with Crippen LogP contribution in [0.4, 0.5) is 4.39 Å². The molecule has 0 N–H and O–H groups in total. The normalized spacial score (nSPS) is 11.0. The molecule has 3 rings (SSSR count). The summed E-state index contributed by atoms with van der Waals surface area (Å²) in [6, 6.07) is 17.9. The van der Waals surface area contributed by atoms with Gasteiger partial charge in [0.05, 0.1) is 5.69 Å². The van der Waals surface area contributed by atoms with Gasteiger partial charge in [0.25, 0.3) is 0 Å². The first-order chi connectivity index (χ1) is 14.2. The van der Waals surface area contributed by atoms with Crippen molar-refractivity contribution in [1.29, 1.82) is 0 Å². The summed E-state index contributed by atoms with van der Waals surface area (Å²) in [6.07, 6.45) is 11.5. The zero-order valence-electron chi connectivity index (χ0n) is 17.8. The molecule has 0 unspecified atom stereocenters. The summed E-state index contributed by atoms with van der Waals surface area (Å²) in [7, 11) is 0. The van der Waals surface area contributed by atoms with Crippen molar-refractivity contribution >= 4 is 0 Å². The summed E-state index contributed by atoms with van der Waals surface area (Å²) in [5.41, 5.74) is 5.94. The molecule has 2 heteroatoms. The van der Waals surface area contributed by atoms with Gasteiger partial charge in [0.15, 0.2) is 0 Å². The molecule has 0 fully saturated rings. The Kier molecular flexibility index (Phi) is 7.98. The quantitative estimate of drug-likeness (QED) is 0.320. The monoisotopic (exact) mass is 389 g/mol. The van der Waals surface area contributed by atoms with E-state index >= 15 is 0 Å². The molecular formula is C27H32FN. The average Bonchev–Trinajstić information content (AvgIpc) is 2.75. The predicted molar refractivity (Wildman–Crippen MR) is 122 cm³/mol. The van der Waals surface area contributed by atoms with Gasteiger partial charge in [0, 0.05) is 17.3 Å². The summed E-state index contributed by atoms with van der Waals surface area (Å²) in [5.74, 6) is -0.148. The van der Waals surface area contributed by atoms with Crippen LogP contribution in [0, 0.1) is 5.82 Å². The summed E-state index contributed by atoms with van der Waals surface area (Å²) >= 11 is 0. The SMILES string of the molecule is CCCCCCCc1ccc(-c2ccc(-c3ccc(CCC)cc3F)cc2)nc1. The van der Waals surface area contributed by atoms with E-state index in [1.807, 2.05) is 42.6 Å². The molecular weight excluding hydrogens is 357 g/mol. The number of halogens is 1. The van der Waals surface area contributed by atoms with Crippen molar-refractivity contribution in [3.05, 3.63) is 77.7 Å². The molecule has 152 valence electrons. The number of nitrogens with zero attached hydrogens (tertiary/aromatic N) is 1. The van der Waals surface area contributed by atoms with E-state index in [9.17, 15) is 4.39 Å². The Balaban J connectivity index is 1.64. The van der Waals surface area contributed by atoms with Crippen molar-refractivity contribution in [2.45, 2.75) is 65.2 Å².